The first-order chi connectivity index (χ1) is 9.24. The molecule has 0 radical (unpaired) electrons. The molecule has 0 aliphatic carbocycles. The lowest BCUT2D eigenvalue weighted by molar-refractivity contribution is 0.475. The first-order valence-electron chi connectivity index (χ1n) is 6.14. The monoisotopic (exact) mass is 250 g/mol. The summed E-state index contributed by atoms with van der Waals surface area (Å²) in [5.41, 5.74) is 5.56. The molecular weight excluding hydrogens is 236 g/mol. The Hall–Kier alpha value is -2.55. The number of nitrogens with zero attached hydrogens (tertiary/aromatic N) is 1. The first-order valence-corrected chi connectivity index (χ1v) is 6.14. The number of nitrogens with one attached hydrogen (secondary N) is 1. The van der Waals surface area contributed by atoms with Crippen LogP contribution in [0.25, 0.3) is 22.3 Å². The normalized spacial score (nSPS) is 10.6. The van der Waals surface area contributed by atoms with Crippen LogP contribution < -0.4 is 0 Å². The number of hydrogen-bond donors (Lipinski definition) is 2. The molecule has 0 bridgehead atoms. The number of hydrogen-bond acceptors (Lipinski definition) is 2. The molecule has 2 N–H and O–H groups in total. The van der Waals surface area contributed by atoms with E-state index in [1.165, 1.54) is 0 Å². The molecule has 1 heterocycles. The van der Waals surface area contributed by atoms with E-state index < -0.39 is 0 Å². The van der Waals surface area contributed by atoms with E-state index in [1.807, 2.05) is 25.3 Å². The summed E-state index contributed by atoms with van der Waals surface area (Å²) in [5, 5.41) is 16.3. The average Bonchev–Trinajstić information content (AvgIpc) is 2.86. The van der Waals surface area contributed by atoms with Crippen LogP contribution in [-0.2, 0) is 0 Å². The summed E-state index contributed by atoms with van der Waals surface area (Å²) < 4.78 is 0. The Bertz CT molecular complexity index is 682. The van der Waals surface area contributed by atoms with Crippen molar-refractivity contribution < 1.29 is 5.11 Å². The van der Waals surface area contributed by atoms with Crippen LogP contribution in [0.4, 0.5) is 0 Å². The second-order valence-corrected chi connectivity index (χ2v) is 4.53. The summed E-state index contributed by atoms with van der Waals surface area (Å²) >= 11 is 0. The third kappa shape index (κ3) is 2.22. The molecule has 3 rings (SSSR count). The molecule has 0 unspecified atom stereocenters. The van der Waals surface area contributed by atoms with Crippen LogP contribution in [0.3, 0.4) is 0 Å². The predicted octanol–water partition coefficient (Wildman–Crippen LogP) is 3.76. The molecular formula is C16H14N2O. The highest BCUT2D eigenvalue weighted by Crippen LogP contribution is 2.26. The number of aromatic hydroxyl groups is 1. The van der Waals surface area contributed by atoms with Crippen molar-refractivity contribution in [1.29, 1.82) is 0 Å². The van der Waals surface area contributed by atoms with Crippen molar-refractivity contribution in [2.75, 3.05) is 0 Å². The van der Waals surface area contributed by atoms with Gasteiger partial charge in [-0.2, -0.15) is 5.10 Å². The summed E-state index contributed by atoms with van der Waals surface area (Å²) in [4.78, 5) is 0. The van der Waals surface area contributed by atoms with Crippen LogP contribution in [0.5, 0.6) is 5.75 Å². The largest absolute Gasteiger partial charge is 0.508 e. The highest BCUT2D eigenvalue weighted by atomic mass is 16.3. The Labute approximate surface area is 111 Å². The lowest BCUT2D eigenvalue weighted by atomic mass is 10.0. The van der Waals surface area contributed by atoms with Gasteiger partial charge in [0.25, 0.3) is 0 Å². The van der Waals surface area contributed by atoms with Crippen LogP contribution in [-0.4, -0.2) is 15.3 Å². The van der Waals surface area contributed by atoms with Crippen LogP contribution in [0, 0.1) is 6.92 Å². The average molecular weight is 250 g/mol. The topological polar surface area (TPSA) is 48.9 Å². The fourth-order valence-electron chi connectivity index (χ4n) is 2.14. The van der Waals surface area contributed by atoms with Gasteiger partial charge in [-0.3, -0.25) is 5.10 Å². The van der Waals surface area contributed by atoms with Crippen molar-refractivity contribution in [3.05, 3.63) is 60.4 Å². The summed E-state index contributed by atoms with van der Waals surface area (Å²) in [6.45, 7) is 2.01. The zero-order valence-electron chi connectivity index (χ0n) is 10.6. The maximum atomic E-state index is 9.29. The van der Waals surface area contributed by atoms with E-state index in [0.29, 0.717) is 0 Å². The Morgan fingerprint density at radius 3 is 1.89 bits per heavy atom. The maximum Gasteiger partial charge on any atom is 0.115 e. The lowest BCUT2D eigenvalue weighted by Gasteiger charge is -2.04. The number of aromatic nitrogens is 2. The first kappa shape index (κ1) is 11.5. The highest BCUT2D eigenvalue weighted by molar-refractivity contribution is 5.71. The molecule has 0 atom stereocenters. The SMILES string of the molecule is Cc1[nH]ncc1-c1ccc(-c2ccc(O)cc2)cc1. The van der Waals surface area contributed by atoms with E-state index in [-0.39, 0.29) is 5.75 Å². The molecule has 2 aromatic carbocycles. The fraction of sp³-hybridized carbons (Fsp3) is 0.0625. The van der Waals surface area contributed by atoms with E-state index in [9.17, 15) is 5.11 Å². The van der Waals surface area contributed by atoms with Gasteiger partial charge in [0.05, 0.1) is 6.20 Å². The molecule has 3 aromatic rings. The van der Waals surface area contributed by atoms with Crippen molar-refractivity contribution >= 4 is 0 Å². The molecule has 94 valence electrons. The number of rotatable bonds is 2. The molecule has 0 aliphatic heterocycles. The molecule has 0 amide bonds. The number of benzene rings is 2. The van der Waals surface area contributed by atoms with E-state index in [2.05, 4.69) is 34.5 Å². The van der Waals surface area contributed by atoms with Crippen molar-refractivity contribution in [3.8, 4) is 28.0 Å². The molecule has 0 saturated heterocycles. The molecule has 0 saturated carbocycles. The Morgan fingerprint density at radius 1 is 0.842 bits per heavy atom. The third-order valence-corrected chi connectivity index (χ3v) is 3.23. The smallest absolute Gasteiger partial charge is 0.115 e. The minimum absolute atomic E-state index is 0.286. The van der Waals surface area contributed by atoms with Crippen LogP contribution in [0.2, 0.25) is 0 Å². The van der Waals surface area contributed by atoms with Crippen molar-refractivity contribution in [2.24, 2.45) is 0 Å². The quantitative estimate of drug-likeness (QED) is 0.727. The third-order valence-electron chi connectivity index (χ3n) is 3.23. The van der Waals surface area contributed by atoms with Gasteiger partial charge < -0.3 is 5.11 Å². The van der Waals surface area contributed by atoms with Crippen LogP contribution in [0.1, 0.15) is 5.69 Å². The predicted molar refractivity (Wildman–Crippen MR) is 75.9 cm³/mol. The molecule has 3 heteroatoms. The van der Waals surface area contributed by atoms with E-state index >= 15 is 0 Å². The number of H-pyrrole nitrogens is 1. The van der Waals surface area contributed by atoms with Gasteiger partial charge in [0.2, 0.25) is 0 Å². The fourth-order valence-corrected chi connectivity index (χ4v) is 2.14. The lowest BCUT2D eigenvalue weighted by Crippen LogP contribution is -1.81. The van der Waals surface area contributed by atoms with Crippen molar-refractivity contribution in [2.45, 2.75) is 6.92 Å². The van der Waals surface area contributed by atoms with E-state index in [4.69, 9.17) is 0 Å². The second-order valence-electron chi connectivity index (χ2n) is 4.53. The van der Waals surface area contributed by atoms with Gasteiger partial charge in [-0.25, -0.2) is 0 Å². The van der Waals surface area contributed by atoms with Gasteiger partial charge in [-0.1, -0.05) is 36.4 Å². The minimum Gasteiger partial charge on any atom is -0.508 e. The van der Waals surface area contributed by atoms with E-state index in [0.717, 1.165) is 27.9 Å². The Kier molecular flexibility index (Phi) is 2.80. The van der Waals surface area contributed by atoms with Crippen LogP contribution in [0.15, 0.2) is 54.7 Å². The van der Waals surface area contributed by atoms with Crippen LogP contribution >= 0.6 is 0 Å². The molecule has 19 heavy (non-hydrogen) atoms. The zero-order chi connectivity index (χ0) is 13.2. The van der Waals surface area contributed by atoms with Crippen molar-refractivity contribution in [1.82, 2.24) is 10.2 Å². The number of phenols is 1. The van der Waals surface area contributed by atoms with Gasteiger partial charge in [0.15, 0.2) is 0 Å². The van der Waals surface area contributed by atoms with E-state index in [1.54, 1.807) is 12.1 Å². The molecule has 1 aromatic heterocycles. The second kappa shape index (κ2) is 4.61. The number of aromatic amines is 1. The standard InChI is InChI=1S/C16H14N2O/c1-11-16(10-17-18-11)14-4-2-12(3-5-14)13-6-8-15(19)9-7-13/h2-10,19H,1H3,(H,17,18). The van der Waals surface area contributed by atoms with Gasteiger partial charge in [0, 0.05) is 11.3 Å². The maximum absolute atomic E-state index is 9.29. The Morgan fingerprint density at radius 2 is 1.37 bits per heavy atom. The summed E-state index contributed by atoms with van der Waals surface area (Å²) in [6.07, 6.45) is 1.84. The molecule has 3 nitrogen and oxygen atoms in total. The highest BCUT2D eigenvalue weighted by Gasteiger charge is 2.04. The van der Waals surface area contributed by atoms with Gasteiger partial charge in [0.1, 0.15) is 5.75 Å². The molecule has 0 fully saturated rings. The minimum atomic E-state index is 0.286. The Balaban J connectivity index is 1.95. The zero-order valence-corrected chi connectivity index (χ0v) is 10.6. The number of aryl methyl sites for hydroxylation is 1. The number of phenolic OH excluding ortho intramolecular Hbond substituents is 1. The van der Waals surface area contributed by atoms with Gasteiger partial charge in [-0.15, -0.1) is 0 Å². The summed E-state index contributed by atoms with van der Waals surface area (Å²) in [7, 11) is 0. The summed E-state index contributed by atoms with van der Waals surface area (Å²) in [5.74, 6) is 0.286. The molecule has 0 aliphatic rings. The van der Waals surface area contributed by atoms with Gasteiger partial charge in [-0.05, 0) is 35.7 Å². The molecule has 0 spiro atoms. The summed E-state index contributed by atoms with van der Waals surface area (Å²) in [6, 6.07) is 15.5. The van der Waals surface area contributed by atoms with Gasteiger partial charge >= 0.3 is 0 Å². The van der Waals surface area contributed by atoms with Crippen molar-refractivity contribution in [3.63, 3.8) is 0 Å².